The number of hydrogen-bond acceptors (Lipinski definition) is 2. The molecule has 27 heavy (non-hydrogen) atoms. The quantitative estimate of drug-likeness (QED) is 0.654. The van der Waals surface area contributed by atoms with Crippen LogP contribution >= 0.6 is 0 Å². The van der Waals surface area contributed by atoms with Crippen LogP contribution in [0.3, 0.4) is 0 Å². The number of rotatable bonds is 9. The molecule has 3 rings (SSSR count). The summed E-state index contributed by atoms with van der Waals surface area (Å²) in [6.07, 6.45) is 3.03. The van der Waals surface area contributed by atoms with E-state index in [0.717, 1.165) is 42.6 Å². The first-order valence-corrected chi connectivity index (χ1v) is 9.61. The number of nitrogens with zero attached hydrogens (tertiary/aromatic N) is 1. The van der Waals surface area contributed by atoms with Crippen LogP contribution in [0.25, 0.3) is 0 Å². The van der Waals surface area contributed by atoms with Gasteiger partial charge in [-0.05, 0) is 48.1 Å². The minimum absolute atomic E-state index is 0.0777. The molecule has 0 radical (unpaired) electrons. The first-order valence-electron chi connectivity index (χ1n) is 9.61. The van der Waals surface area contributed by atoms with Gasteiger partial charge < -0.3 is 15.0 Å². The van der Waals surface area contributed by atoms with Gasteiger partial charge in [-0.15, -0.1) is 0 Å². The molecule has 0 spiro atoms. The molecule has 0 saturated heterocycles. The third-order valence-electron chi connectivity index (χ3n) is 4.67. The summed E-state index contributed by atoms with van der Waals surface area (Å²) in [5, 5.41) is 3.04. The molecule has 2 aromatic rings. The van der Waals surface area contributed by atoms with E-state index in [1.165, 1.54) is 12.1 Å². The number of carbonyl (C=O) groups excluding carboxylic acids is 1. The van der Waals surface area contributed by atoms with Crippen molar-refractivity contribution in [1.29, 1.82) is 0 Å². The van der Waals surface area contributed by atoms with Crippen LogP contribution in [0.5, 0.6) is 0 Å². The van der Waals surface area contributed by atoms with Gasteiger partial charge in [0.25, 0.3) is 0 Å². The standard InChI is InChI=1S/C22H27FN2O2/c1-2-13-27-16-19-6-4-3-5-18(19)14-24-22(26)25(21-11-12-21)15-17-7-9-20(23)10-8-17/h3-10,21H,2,11-16H2,1H3,(H,24,26). The van der Waals surface area contributed by atoms with Crippen molar-refractivity contribution in [2.24, 2.45) is 0 Å². The molecule has 1 fully saturated rings. The van der Waals surface area contributed by atoms with Gasteiger partial charge in [0.1, 0.15) is 5.82 Å². The van der Waals surface area contributed by atoms with E-state index in [9.17, 15) is 9.18 Å². The molecule has 0 atom stereocenters. The molecule has 0 unspecified atom stereocenters. The molecule has 2 aromatic carbocycles. The number of halogens is 1. The molecule has 4 nitrogen and oxygen atoms in total. The molecule has 144 valence electrons. The lowest BCUT2D eigenvalue weighted by molar-refractivity contribution is 0.121. The van der Waals surface area contributed by atoms with Crippen LogP contribution in [0.1, 0.15) is 42.9 Å². The number of urea groups is 1. The van der Waals surface area contributed by atoms with Gasteiger partial charge in [0.05, 0.1) is 6.61 Å². The van der Waals surface area contributed by atoms with Crippen molar-refractivity contribution in [3.63, 3.8) is 0 Å². The molecule has 5 heteroatoms. The topological polar surface area (TPSA) is 41.6 Å². The molecule has 0 heterocycles. The summed E-state index contributed by atoms with van der Waals surface area (Å²) < 4.78 is 18.8. The van der Waals surface area contributed by atoms with E-state index in [1.807, 2.05) is 29.2 Å². The minimum atomic E-state index is -0.261. The fourth-order valence-corrected chi connectivity index (χ4v) is 3.01. The van der Waals surface area contributed by atoms with Gasteiger partial charge in [0, 0.05) is 25.7 Å². The van der Waals surface area contributed by atoms with Crippen LogP contribution in [0.4, 0.5) is 9.18 Å². The number of amides is 2. The molecule has 1 saturated carbocycles. The van der Waals surface area contributed by atoms with Gasteiger partial charge in [0.15, 0.2) is 0 Å². The minimum Gasteiger partial charge on any atom is -0.377 e. The predicted molar refractivity (Wildman–Crippen MR) is 104 cm³/mol. The van der Waals surface area contributed by atoms with Crippen molar-refractivity contribution >= 4 is 6.03 Å². The summed E-state index contributed by atoms with van der Waals surface area (Å²) >= 11 is 0. The van der Waals surface area contributed by atoms with Gasteiger partial charge in [-0.2, -0.15) is 0 Å². The molecular weight excluding hydrogens is 343 g/mol. The van der Waals surface area contributed by atoms with Crippen molar-refractivity contribution in [1.82, 2.24) is 10.2 Å². The van der Waals surface area contributed by atoms with Gasteiger partial charge in [-0.3, -0.25) is 0 Å². The van der Waals surface area contributed by atoms with Crippen LogP contribution in [-0.2, 0) is 24.4 Å². The summed E-state index contributed by atoms with van der Waals surface area (Å²) in [6, 6.07) is 14.6. The zero-order chi connectivity index (χ0) is 19.1. The Bertz CT molecular complexity index is 744. The van der Waals surface area contributed by atoms with Crippen molar-refractivity contribution < 1.29 is 13.9 Å². The summed E-state index contributed by atoms with van der Waals surface area (Å²) in [6.45, 7) is 4.34. The van der Waals surface area contributed by atoms with Crippen LogP contribution in [0, 0.1) is 5.82 Å². The molecule has 0 aromatic heterocycles. The first-order chi connectivity index (χ1) is 13.2. The molecule has 1 aliphatic rings. The average Bonchev–Trinajstić information content (AvgIpc) is 3.52. The van der Waals surface area contributed by atoms with Gasteiger partial charge in [-0.1, -0.05) is 43.3 Å². The zero-order valence-electron chi connectivity index (χ0n) is 15.8. The third kappa shape index (κ3) is 5.79. The van der Waals surface area contributed by atoms with E-state index < -0.39 is 0 Å². The van der Waals surface area contributed by atoms with Crippen LogP contribution in [0.2, 0.25) is 0 Å². The second kappa shape index (κ2) is 9.51. The Morgan fingerprint density at radius 3 is 2.52 bits per heavy atom. The van der Waals surface area contributed by atoms with Crippen molar-refractivity contribution in [3.8, 4) is 0 Å². The number of carbonyl (C=O) groups is 1. The highest BCUT2D eigenvalue weighted by Gasteiger charge is 2.32. The Balaban J connectivity index is 1.59. The summed E-state index contributed by atoms with van der Waals surface area (Å²) in [5.41, 5.74) is 3.11. The highest BCUT2D eigenvalue weighted by molar-refractivity contribution is 5.75. The van der Waals surface area contributed by atoms with Gasteiger partial charge >= 0.3 is 6.03 Å². The maximum absolute atomic E-state index is 13.1. The fourth-order valence-electron chi connectivity index (χ4n) is 3.01. The Kier molecular flexibility index (Phi) is 6.82. The highest BCUT2D eigenvalue weighted by Crippen LogP contribution is 2.28. The predicted octanol–water partition coefficient (Wildman–Crippen LogP) is 4.63. The van der Waals surface area contributed by atoms with Crippen molar-refractivity contribution in [3.05, 3.63) is 71.0 Å². The molecule has 2 amide bonds. The maximum Gasteiger partial charge on any atom is 0.318 e. The Hall–Kier alpha value is -2.40. The van der Waals surface area contributed by atoms with Gasteiger partial charge in [0.2, 0.25) is 0 Å². The van der Waals surface area contributed by atoms with E-state index in [0.29, 0.717) is 19.7 Å². The first kappa shape index (κ1) is 19.4. The monoisotopic (exact) mass is 370 g/mol. The lowest BCUT2D eigenvalue weighted by atomic mass is 10.1. The summed E-state index contributed by atoms with van der Waals surface area (Å²) in [4.78, 5) is 14.6. The van der Waals surface area contributed by atoms with E-state index in [-0.39, 0.29) is 17.9 Å². The van der Waals surface area contributed by atoms with E-state index >= 15 is 0 Å². The molecule has 1 N–H and O–H groups in total. The van der Waals surface area contributed by atoms with E-state index in [2.05, 4.69) is 12.2 Å². The lowest BCUT2D eigenvalue weighted by Gasteiger charge is -2.23. The van der Waals surface area contributed by atoms with Gasteiger partial charge in [-0.25, -0.2) is 9.18 Å². The van der Waals surface area contributed by atoms with E-state index in [1.54, 1.807) is 12.1 Å². The van der Waals surface area contributed by atoms with Crippen LogP contribution < -0.4 is 5.32 Å². The fraction of sp³-hybridized carbons (Fsp3) is 0.409. The SMILES string of the molecule is CCCOCc1ccccc1CNC(=O)N(Cc1ccc(F)cc1)C1CC1. The highest BCUT2D eigenvalue weighted by atomic mass is 19.1. The Morgan fingerprint density at radius 1 is 1.15 bits per heavy atom. The molecule has 0 bridgehead atoms. The van der Waals surface area contributed by atoms with Crippen molar-refractivity contribution in [2.45, 2.75) is 51.9 Å². The molecular formula is C22H27FN2O2. The second-order valence-corrected chi connectivity index (χ2v) is 6.97. The Morgan fingerprint density at radius 2 is 1.85 bits per heavy atom. The largest absolute Gasteiger partial charge is 0.377 e. The van der Waals surface area contributed by atoms with E-state index in [4.69, 9.17) is 4.74 Å². The third-order valence-corrected chi connectivity index (χ3v) is 4.67. The molecule has 0 aliphatic heterocycles. The summed E-state index contributed by atoms with van der Waals surface area (Å²) in [7, 11) is 0. The Labute approximate surface area is 160 Å². The zero-order valence-corrected chi connectivity index (χ0v) is 15.8. The maximum atomic E-state index is 13.1. The smallest absolute Gasteiger partial charge is 0.318 e. The van der Waals surface area contributed by atoms with Crippen LogP contribution in [0.15, 0.2) is 48.5 Å². The lowest BCUT2D eigenvalue weighted by Crippen LogP contribution is -2.40. The normalized spacial score (nSPS) is 13.4. The number of ether oxygens (including phenoxy) is 1. The number of benzene rings is 2. The second-order valence-electron chi connectivity index (χ2n) is 6.97. The molecule has 1 aliphatic carbocycles. The number of nitrogens with one attached hydrogen (secondary N) is 1. The van der Waals surface area contributed by atoms with Crippen LogP contribution in [-0.4, -0.2) is 23.6 Å². The summed E-state index contributed by atoms with van der Waals surface area (Å²) in [5.74, 6) is -0.261. The van der Waals surface area contributed by atoms with Crippen molar-refractivity contribution in [2.75, 3.05) is 6.61 Å². The average molecular weight is 370 g/mol. The number of hydrogen-bond donors (Lipinski definition) is 1.